The van der Waals surface area contributed by atoms with Crippen LogP contribution in [0.2, 0.25) is 0 Å². The predicted octanol–water partition coefficient (Wildman–Crippen LogP) is 3.40. The molecule has 8 heteroatoms. The number of nitrogens with zero attached hydrogens (tertiary/aromatic N) is 2. The molecule has 0 bridgehead atoms. The van der Waals surface area contributed by atoms with Crippen molar-refractivity contribution in [1.29, 1.82) is 0 Å². The number of fused-ring (bicyclic) bond motifs is 1. The maximum absolute atomic E-state index is 13.3. The highest BCUT2D eigenvalue weighted by molar-refractivity contribution is 6.46. The number of benzene rings is 2. The van der Waals surface area contributed by atoms with Crippen LogP contribution in [0.5, 0.6) is 17.2 Å². The first-order chi connectivity index (χ1) is 16.7. The molecule has 0 unspecified atom stereocenters. The number of methoxy groups -OCH3 is 2. The SMILES string of the molecule is COc1ccc([C@H]2C(=C(O)c3ccc4c(c3)C[C@H](C)O4)C(=O)C(=O)N2CCCN(C)C)cc1OC. The third-order valence-corrected chi connectivity index (χ3v) is 6.44. The van der Waals surface area contributed by atoms with Crippen LogP contribution >= 0.6 is 0 Å². The quantitative estimate of drug-likeness (QED) is 0.352. The number of ketones is 1. The number of aliphatic hydroxyl groups is 1. The van der Waals surface area contributed by atoms with Crippen molar-refractivity contribution in [3.63, 3.8) is 0 Å². The Kier molecular flexibility index (Phi) is 7.03. The lowest BCUT2D eigenvalue weighted by Crippen LogP contribution is -2.32. The lowest BCUT2D eigenvalue weighted by molar-refractivity contribution is -0.139. The first kappa shape index (κ1) is 24.6. The summed E-state index contributed by atoms with van der Waals surface area (Å²) >= 11 is 0. The Labute approximate surface area is 205 Å². The number of amides is 1. The Bertz CT molecular complexity index is 1170. The van der Waals surface area contributed by atoms with Crippen LogP contribution in [-0.2, 0) is 16.0 Å². The van der Waals surface area contributed by atoms with Crippen molar-refractivity contribution in [2.75, 3.05) is 41.4 Å². The van der Waals surface area contributed by atoms with Gasteiger partial charge in [-0.25, -0.2) is 0 Å². The molecule has 2 aliphatic rings. The van der Waals surface area contributed by atoms with Gasteiger partial charge in [0.2, 0.25) is 0 Å². The van der Waals surface area contributed by atoms with E-state index in [4.69, 9.17) is 14.2 Å². The zero-order valence-electron chi connectivity index (χ0n) is 20.8. The van der Waals surface area contributed by atoms with Gasteiger partial charge in [0.1, 0.15) is 17.6 Å². The Morgan fingerprint density at radius 1 is 1.11 bits per heavy atom. The zero-order chi connectivity index (χ0) is 25.3. The minimum atomic E-state index is -0.750. The number of rotatable bonds is 8. The Morgan fingerprint density at radius 3 is 2.54 bits per heavy atom. The van der Waals surface area contributed by atoms with Gasteiger partial charge < -0.3 is 29.1 Å². The Hall–Kier alpha value is -3.52. The van der Waals surface area contributed by atoms with Gasteiger partial charge in [-0.3, -0.25) is 9.59 Å². The molecule has 0 saturated carbocycles. The molecule has 0 spiro atoms. The van der Waals surface area contributed by atoms with E-state index in [-0.39, 0.29) is 17.4 Å². The highest BCUT2D eigenvalue weighted by Gasteiger charge is 2.46. The second-order valence-electron chi connectivity index (χ2n) is 9.22. The molecule has 2 aliphatic heterocycles. The van der Waals surface area contributed by atoms with Gasteiger partial charge >= 0.3 is 0 Å². The fourth-order valence-electron chi connectivity index (χ4n) is 4.76. The number of carbonyl (C=O) groups excluding carboxylic acids is 2. The Balaban J connectivity index is 1.81. The summed E-state index contributed by atoms with van der Waals surface area (Å²) < 4.78 is 16.6. The molecule has 8 nitrogen and oxygen atoms in total. The van der Waals surface area contributed by atoms with Crippen molar-refractivity contribution >= 4 is 17.4 Å². The molecule has 1 saturated heterocycles. The van der Waals surface area contributed by atoms with Crippen molar-refractivity contribution in [2.45, 2.75) is 31.9 Å². The zero-order valence-corrected chi connectivity index (χ0v) is 20.8. The molecule has 186 valence electrons. The van der Waals surface area contributed by atoms with Gasteiger partial charge in [0.15, 0.2) is 11.5 Å². The van der Waals surface area contributed by atoms with Crippen LogP contribution in [0.15, 0.2) is 42.0 Å². The van der Waals surface area contributed by atoms with E-state index >= 15 is 0 Å². The molecule has 2 atom stereocenters. The van der Waals surface area contributed by atoms with E-state index in [2.05, 4.69) is 0 Å². The normalized spacial score (nSPS) is 20.8. The van der Waals surface area contributed by atoms with Crippen molar-refractivity contribution < 1.29 is 28.9 Å². The molecule has 2 heterocycles. The third kappa shape index (κ3) is 4.71. The standard InChI is InChI=1S/C27H32N2O6/c1-16-13-19-14-18(8-9-20(19)35-16)25(30)23-24(17-7-10-21(33-4)22(15-17)34-5)29(27(32)26(23)31)12-6-11-28(2)3/h7-10,14-16,24,30H,6,11-13H2,1-5H3/t16-,24-/m0/s1. The van der Waals surface area contributed by atoms with E-state index in [1.54, 1.807) is 37.4 Å². The molecule has 0 aliphatic carbocycles. The molecular formula is C27H32N2O6. The van der Waals surface area contributed by atoms with Gasteiger partial charge in [0, 0.05) is 18.5 Å². The van der Waals surface area contributed by atoms with Crippen LogP contribution < -0.4 is 14.2 Å². The summed E-state index contributed by atoms with van der Waals surface area (Å²) in [7, 11) is 6.99. The second kappa shape index (κ2) is 10.00. The van der Waals surface area contributed by atoms with E-state index in [1.165, 1.54) is 12.0 Å². The molecule has 2 aromatic rings. The molecule has 0 radical (unpaired) electrons. The maximum atomic E-state index is 13.3. The Morgan fingerprint density at radius 2 is 1.86 bits per heavy atom. The minimum Gasteiger partial charge on any atom is -0.507 e. The van der Waals surface area contributed by atoms with E-state index in [9.17, 15) is 14.7 Å². The monoisotopic (exact) mass is 480 g/mol. The first-order valence-electron chi connectivity index (χ1n) is 11.7. The van der Waals surface area contributed by atoms with E-state index in [0.29, 0.717) is 42.0 Å². The molecule has 1 N–H and O–H groups in total. The van der Waals surface area contributed by atoms with E-state index in [0.717, 1.165) is 17.9 Å². The number of ether oxygens (including phenoxy) is 3. The van der Waals surface area contributed by atoms with Crippen LogP contribution in [0, 0.1) is 0 Å². The molecular weight excluding hydrogens is 448 g/mol. The molecule has 0 aromatic heterocycles. The molecule has 35 heavy (non-hydrogen) atoms. The molecule has 2 aromatic carbocycles. The third-order valence-electron chi connectivity index (χ3n) is 6.44. The first-order valence-corrected chi connectivity index (χ1v) is 11.7. The lowest BCUT2D eigenvalue weighted by atomic mass is 9.94. The summed E-state index contributed by atoms with van der Waals surface area (Å²) in [5.74, 6) is 0.275. The number of Topliss-reactive ketones (excluding diaryl/α,β-unsaturated/α-hetero) is 1. The van der Waals surface area contributed by atoms with Crippen molar-refractivity contribution in [3.8, 4) is 17.2 Å². The van der Waals surface area contributed by atoms with Gasteiger partial charge in [-0.05, 0) is 75.4 Å². The van der Waals surface area contributed by atoms with Crippen molar-refractivity contribution in [3.05, 3.63) is 58.7 Å². The average molecular weight is 481 g/mol. The fraction of sp³-hybridized carbons (Fsp3) is 0.407. The van der Waals surface area contributed by atoms with Gasteiger partial charge in [-0.15, -0.1) is 0 Å². The number of carbonyl (C=O) groups is 2. The number of aliphatic hydroxyl groups excluding tert-OH is 1. The smallest absolute Gasteiger partial charge is 0.295 e. The molecule has 1 fully saturated rings. The number of likely N-dealkylation sites (tertiary alicyclic amines) is 1. The summed E-state index contributed by atoms with van der Waals surface area (Å²) in [5.41, 5.74) is 2.17. The second-order valence-corrected chi connectivity index (χ2v) is 9.22. The minimum absolute atomic E-state index is 0.0523. The summed E-state index contributed by atoms with van der Waals surface area (Å²) in [6.07, 6.45) is 1.45. The summed E-state index contributed by atoms with van der Waals surface area (Å²) in [4.78, 5) is 30.0. The molecule has 4 rings (SSSR count). The lowest BCUT2D eigenvalue weighted by Gasteiger charge is -2.26. The predicted molar refractivity (Wildman–Crippen MR) is 132 cm³/mol. The number of hydrogen-bond acceptors (Lipinski definition) is 7. The van der Waals surface area contributed by atoms with Crippen LogP contribution in [0.1, 0.15) is 36.1 Å². The van der Waals surface area contributed by atoms with Gasteiger partial charge in [-0.1, -0.05) is 6.07 Å². The topological polar surface area (TPSA) is 88.5 Å². The van der Waals surface area contributed by atoms with Crippen LogP contribution in [0.3, 0.4) is 0 Å². The highest BCUT2D eigenvalue weighted by atomic mass is 16.5. The van der Waals surface area contributed by atoms with Crippen LogP contribution in [0.4, 0.5) is 0 Å². The summed E-state index contributed by atoms with van der Waals surface area (Å²) in [5, 5.41) is 11.4. The number of hydrogen-bond donors (Lipinski definition) is 1. The van der Waals surface area contributed by atoms with Crippen molar-refractivity contribution in [1.82, 2.24) is 9.80 Å². The highest BCUT2D eigenvalue weighted by Crippen LogP contribution is 2.42. The van der Waals surface area contributed by atoms with Crippen molar-refractivity contribution in [2.24, 2.45) is 0 Å². The van der Waals surface area contributed by atoms with Gasteiger partial charge in [-0.2, -0.15) is 0 Å². The summed E-state index contributed by atoms with van der Waals surface area (Å²) in [6, 6.07) is 9.88. The van der Waals surface area contributed by atoms with Crippen LogP contribution in [-0.4, -0.2) is 74.1 Å². The average Bonchev–Trinajstić information content (AvgIpc) is 3.33. The van der Waals surface area contributed by atoms with Gasteiger partial charge in [0.25, 0.3) is 11.7 Å². The van der Waals surface area contributed by atoms with E-state index < -0.39 is 17.7 Å². The van der Waals surface area contributed by atoms with E-state index in [1.807, 2.05) is 32.0 Å². The summed E-state index contributed by atoms with van der Waals surface area (Å²) in [6.45, 7) is 3.11. The van der Waals surface area contributed by atoms with Crippen LogP contribution in [0.25, 0.3) is 5.76 Å². The van der Waals surface area contributed by atoms with Gasteiger partial charge in [0.05, 0.1) is 25.8 Å². The fourth-order valence-corrected chi connectivity index (χ4v) is 4.76. The maximum Gasteiger partial charge on any atom is 0.295 e. The largest absolute Gasteiger partial charge is 0.507 e. The molecule has 1 amide bonds.